The van der Waals surface area contributed by atoms with Crippen LogP contribution in [-0.4, -0.2) is 36.1 Å². The van der Waals surface area contributed by atoms with Gasteiger partial charge >= 0.3 is 0 Å². The van der Waals surface area contributed by atoms with E-state index in [-0.39, 0.29) is 0 Å². The molecule has 0 aliphatic carbocycles. The van der Waals surface area contributed by atoms with Crippen LogP contribution < -0.4 is 15.1 Å². The van der Waals surface area contributed by atoms with Crippen LogP contribution in [-0.2, 0) is 0 Å². The summed E-state index contributed by atoms with van der Waals surface area (Å²) in [5, 5.41) is 3.90. The third-order valence-corrected chi connectivity index (χ3v) is 5.26. The zero-order valence-corrected chi connectivity index (χ0v) is 16.9. The highest BCUT2D eigenvalue weighted by Crippen LogP contribution is 2.25. The van der Waals surface area contributed by atoms with Crippen molar-refractivity contribution >= 4 is 34.7 Å². The van der Waals surface area contributed by atoms with Crippen LogP contribution in [0, 0.1) is 13.8 Å². The van der Waals surface area contributed by atoms with Crippen LogP contribution in [0.4, 0.5) is 23.1 Å². The maximum absolute atomic E-state index is 6.25. The molecule has 0 radical (unpaired) electrons. The molecule has 144 valence electrons. The van der Waals surface area contributed by atoms with Crippen molar-refractivity contribution in [2.75, 3.05) is 41.3 Å². The van der Waals surface area contributed by atoms with E-state index >= 15 is 0 Å². The van der Waals surface area contributed by atoms with Crippen LogP contribution in [0.5, 0.6) is 0 Å². The SMILES string of the molecule is Cc1cccc(N2CCN(c3cc(C)nc(Nc4ccccc4Cl)n3)CC2)c1. The summed E-state index contributed by atoms with van der Waals surface area (Å²) in [6.07, 6.45) is 0. The Morgan fingerprint density at radius 1 is 0.857 bits per heavy atom. The van der Waals surface area contributed by atoms with E-state index in [0.29, 0.717) is 11.0 Å². The molecule has 2 heterocycles. The molecule has 5 nitrogen and oxygen atoms in total. The molecule has 4 rings (SSSR count). The van der Waals surface area contributed by atoms with Gasteiger partial charge in [0.2, 0.25) is 5.95 Å². The Bertz CT molecular complexity index is 967. The van der Waals surface area contributed by atoms with E-state index in [1.807, 2.05) is 37.3 Å². The van der Waals surface area contributed by atoms with Crippen LogP contribution in [0.1, 0.15) is 11.3 Å². The second-order valence-corrected chi connectivity index (χ2v) is 7.52. The van der Waals surface area contributed by atoms with Gasteiger partial charge < -0.3 is 15.1 Å². The van der Waals surface area contributed by atoms with Crippen LogP contribution in [0.25, 0.3) is 0 Å². The zero-order valence-electron chi connectivity index (χ0n) is 16.2. The second-order valence-electron chi connectivity index (χ2n) is 7.11. The fraction of sp³-hybridized carbons (Fsp3) is 0.273. The first-order chi connectivity index (χ1) is 13.6. The smallest absolute Gasteiger partial charge is 0.229 e. The van der Waals surface area contributed by atoms with Crippen molar-refractivity contribution in [3.05, 3.63) is 70.9 Å². The minimum atomic E-state index is 0.573. The number of piperazine rings is 1. The summed E-state index contributed by atoms with van der Waals surface area (Å²) >= 11 is 6.25. The van der Waals surface area contributed by atoms with Crippen molar-refractivity contribution in [3.63, 3.8) is 0 Å². The molecule has 1 fully saturated rings. The molecule has 1 aliphatic rings. The number of nitrogens with one attached hydrogen (secondary N) is 1. The predicted molar refractivity (Wildman–Crippen MR) is 117 cm³/mol. The van der Waals surface area contributed by atoms with Crippen molar-refractivity contribution < 1.29 is 0 Å². The zero-order chi connectivity index (χ0) is 19.5. The highest BCUT2D eigenvalue weighted by molar-refractivity contribution is 6.33. The van der Waals surface area contributed by atoms with Gasteiger partial charge in [-0.15, -0.1) is 0 Å². The maximum atomic E-state index is 6.25. The third kappa shape index (κ3) is 4.20. The lowest BCUT2D eigenvalue weighted by molar-refractivity contribution is 0.646. The first-order valence-corrected chi connectivity index (χ1v) is 9.90. The maximum Gasteiger partial charge on any atom is 0.229 e. The topological polar surface area (TPSA) is 44.3 Å². The summed E-state index contributed by atoms with van der Waals surface area (Å²) in [6.45, 7) is 7.92. The second kappa shape index (κ2) is 8.07. The molecule has 3 aromatic rings. The van der Waals surface area contributed by atoms with Crippen molar-refractivity contribution in [2.24, 2.45) is 0 Å². The Morgan fingerprint density at radius 3 is 2.36 bits per heavy atom. The van der Waals surface area contributed by atoms with Crippen molar-refractivity contribution in [1.29, 1.82) is 0 Å². The number of rotatable bonds is 4. The standard InChI is InChI=1S/C22H24ClN5/c1-16-6-5-7-18(14-16)27-10-12-28(13-11-27)21-15-17(2)24-22(26-21)25-20-9-4-3-8-19(20)23/h3-9,14-15H,10-13H2,1-2H3,(H,24,25,26). The van der Waals surface area contributed by atoms with Crippen molar-refractivity contribution in [3.8, 4) is 0 Å². The van der Waals surface area contributed by atoms with Crippen molar-refractivity contribution in [1.82, 2.24) is 9.97 Å². The van der Waals surface area contributed by atoms with Gasteiger partial charge in [0.05, 0.1) is 10.7 Å². The number of halogens is 1. The number of hydrogen-bond donors (Lipinski definition) is 1. The number of nitrogens with zero attached hydrogens (tertiary/aromatic N) is 4. The predicted octanol–water partition coefficient (Wildman–Crippen LogP) is 4.82. The van der Waals surface area contributed by atoms with E-state index in [2.05, 4.69) is 51.3 Å². The minimum Gasteiger partial charge on any atom is -0.368 e. The largest absolute Gasteiger partial charge is 0.368 e. The number of aryl methyl sites for hydroxylation is 2. The summed E-state index contributed by atoms with van der Waals surface area (Å²) < 4.78 is 0. The Morgan fingerprint density at radius 2 is 1.61 bits per heavy atom. The van der Waals surface area contributed by atoms with E-state index in [1.54, 1.807) is 0 Å². The Kier molecular flexibility index (Phi) is 5.35. The van der Waals surface area contributed by atoms with Gasteiger partial charge in [0.25, 0.3) is 0 Å². The van der Waals surface area contributed by atoms with E-state index in [1.165, 1.54) is 11.3 Å². The lowest BCUT2D eigenvalue weighted by Crippen LogP contribution is -2.47. The molecule has 0 amide bonds. The average molecular weight is 394 g/mol. The third-order valence-electron chi connectivity index (χ3n) is 4.93. The van der Waals surface area contributed by atoms with E-state index in [4.69, 9.17) is 16.6 Å². The van der Waals surface area contributed by atoms with E-state index in [9.17, 15) is 0 Å². The van der Waals surface area contributed by atoms with Gasteiger partial charge in [0, 0.05) is 43.6 Å². The number of anilines is 4. The molecule has 1 N–H and O–H groups in total. The summed E-state index contributed by atoms with van der Waals surface area (Å²) in [7, 11) is 0. The highest BCUT2D eigenvalue weighted by atomic mass is 35.5. The lowest BCUT2D eigenvalue weighted by atomic mass is 10.2. The average Bonchev–Trinajstić information content (AvgIpc) is 2.69. The molecule has 0 spiro atoms. The molecule has 0 bridgehead atoms. The van der Waals surface area contributed by atoms with Gasteiger partial charge in [-0.2, -0.15) is 4.98 Å². The Labute approximate surface area is 171 Å². The molecule has 0 atom stereocenters. The molecule has 28 heavy (non-hydrogen) atoms. The quantitative estimate of drug-likeness (QED) is 0.688. The molecular formula is C22H24ClN5. The van der Waals surface area contributed by atoms with E-state index < -0.39 is 0 Å². The summed E-state index contributed by atoms with van der Waals surface area (Å²) in [6, 6.07) is 18.4. The number of aromatic nitrogens is 2. The summed E-state index contributed by atoms with van der Waals surface area (Å²) in [4.78, 5) is 14.0. The first-order valence-electron chi connectivity index (χ1n) is 9.52. The first kappa shape index (κ1) is 18.6. The number of benzene rings is 2. The summed E-state index contributed by atoms with van der Waals surface area (Å²) in [5.41, 5.74) is 4.33. The highest BCUT2D eigenvalue weighted by Gasteiger charge is 2.19. The fourth-order valence-electron chi connectivity index (χ4n) is 3.47. The number of hydrogen-bond acceptors (Lipinski definition) is 5. The molecule has 0 unspecified atom stereocenters. The molecule has 1 saturated heterocycles. The molecule has 2 aromatic carbocycles. The molecule has 0 saturated carbocycles. The monoisotopic (exact) mass is 393 g/mol. The Hall–Kier alpha value is -2.79. The molecule has 1 aliphatic heterocycles. The van der Waals surface area contributed by atoms with Crippen LogP contribution in [0.15, 0.2) is 54.6 Å². The van der Waals surface area contributed by atoms with Gasteiger partial charge in [0.15, 0.2) is 0 Å². The molecule has 6 heteroatoms. The number of para-hydroxylation sites is 1. The van der Waals surface area contributed by atoms with Crippen molar-refractivity contribution in [2.45, 2.75) is 13.8 Å². The lowest BCUT2D eigenvalue weighted by Gasteiger charge is -2.37. The summed E-state index contributed by atoms with van der Waals surface area (Å²) in [5.74, 6) is 1.52. The van der Waals surface area contributed by atoms with Gasteiger partial charge in [-0.1, -0.05) is 35.9 Å². The fourth-order valence-corrected chi connectivity index (χ4v) is 3.65. The van der Waals surface area contributed by atoms with Crippen LogP contribution in [0.2, 0.25) is 5.02 Å². The van der Waals surface area contributed by atoms with Gasteiger partial charge in [-0.3, -0.25) is 0 Å². The van der Waals surface area contributed by atoms with Crippen LogP contribution in [0.3, 0.4) is 0 Å². The van der Waals surface area contributed by atoms with Gasteiger partial charge in [0.1, 0.15) is 5.82 Å². The molecular weight excluding hydrogens is 370 g/mol. The Balaban J connectivity index is 1.48. The normalized spacial score (nSPS) is 14.2. The molecule has 1 aromatic heterocycles. The van der Waals surface area contributed by atoms with Gasteiger partial charge in [-0.05, 0) is 43.7 Å². The van der Waals surface area contributed by atoms with E-state index in [0.717, 1.165) is 43.4 Å². The minimum absolute atomic E-state index is 0.573. The van der Waals surface area contributed by atoms with Gasteiger partial charge in [-0.25, -0.2) is 4.98 Å². The van der Waals surface area contributed by atoms with Crippen LogP contribution >= 0.6 is 11.6 Å².